The van der Waals surface area contributed by atoms with Gasteiger partial charge in [-0.05, 0) is 37.5 Å². The Morgan fingerprint density at radius 2 is 1.96 bits per heavy atom. The Labute approximate surface area is 138 Å². The van der Waals surface area contributed by atoms with Gasteiger partial charge in [-0.15, -0.1) is 0 Å². The number of aliphatic hydroxyl groups is 1. The number of amides is 1. The van der Waals surface area contributed by atoms with Gasteiger partial charge in [0.05, 0.1) is 18.7 Å². The molecule has 1 aromatic rings. The molecule has 134 valence electrons. The highest BCUT2D eigenvalue weighted by molar-refractivity contribution is 5.81. The molecular weight excluding hydrogens is 325 g/mol. The lowest BCUT2D eigenvalue weighted by Gasteiger charge is -2.27. The summed E-state index contributed by atoms with van der Waals surface area (Å²) >= 11 is 0. The van der Waals surface area contributed by atoms with E-state index in [1.54, 1.807) is 4.90 Å². The third-order valence-corrected chi connectivity index (χ3v) is 3.80. The number of carbonyl (C=O) groups is 1. The van der Waals surface area contributed by atoms with Gasteiger partial charge in [-0.2, -0.15) is 13.2 Å². The van der Waals surface area contributed by atoms with Crippen molar-refractivity contribution >= 4 is 11.6 Å². The van der Waals surface area contributed by atoms with E-state index in [1.165, 1.54) is 12.1 Å². The van der Waals surface area contributed by atoms with Gasteiger partial charge in [0.25, 0.3) is 0 Å². The van der Waals surface area contributed by atoms with Crippen molar-refractivity contribution in [2.24, 2.45) is 0 Å². The van der Waals surface area contributed by atoms with Crippen LogP contribution in [0.15, 0.2) is 18.2 Å². The van der Waals surface area contributed by atoms with Crippen molar-refractivity contribution in [3.05, 3.63) is 23.8 Å². The Hall–Kier alpha value is -1.96. The molecule has 0 spiro atoms. The minimum Gasteiger partial charge on any atom is -0.491 e. The third-order valence-electron chi connectivity index (χ3n) is 3.80. The summed E-state index contributed by atoms with van der Waals surface area (Å²) in [5, 5.41) is 11.3. The van der Waals surface area contributed by atoms with Crippen LogP contribution in [0.3, 0.4) is 0 Å². The maximum atomic E-state index is 13.2. The van der Waals surface area contributed by atoms with Crippen LogP contribution in [0.1, 0.15) is 24.8 Å². The zero-order valence-corrected chi connectivity index (χ0v) is 13.2. The van der Waals surface area contributed by atoms with Crippen LogP contribution >= 0.6 is 0 Å². The molecule has 1 saturated heterocycles. The van der Waals surface area contributed by atoms with Crippen molar-refractivity contribution in [3.63, 3.8) is 0 Å². The van der Waals surface area contributed by atoms with Gasteiger partial charge in [-0.25, -0.2) is 0 Å². The number of anilines is 1. The number of benzene rings is 1. The van der Waals surface area contributed by atoms with Crippen LogP contribution in [0.4, 0.5) is 18.9 Å². The number of ether oxygens (including phenoxy) is 1. The van der Waals surface area contributed by atoms with Gasteiger partial charge in [0.2, 0.25) is 5.91 Å². The Bertz CT molecular complexity index is 558. The van der Waals surface area contributed by atoms with Crippen LogP contribution in [0, 0.1) is 0 Å². The number of halogens is 3. The lowest BCUT2D eigenvalue weighted by Crippen LogP contribution is -2.39. The van der Waals surface area contributed by atoms with E-state index in [1.807, 2.05) is 0 Å². The zero-order chi connectivity index (χ0) is 17.6. The van der Waals surface area contributed by atoms with Crippen molar-refractivity contribution in [3.8, 4) is 5.75 Å². The van der Waals surface area contributed by atoms with Gasteiger partial charge in [0, 0.05) is 18.8 Å². The van der Waals surface area contributed by atoms with Gasteiger partial charge < -0.3 is 20.1 Å². The largest absolute Gasteiger partial charge is 0.491 e. The number of piperidine rings is 1. The van der Waals surface area contributed by atoms with E-state index in [0.29, 0.717) is 13.1 Å². The molecule has 1 amide bonds. The molecule has 0 unspecified atom stereocenters. The van der Waals surface area contributed by atoms with E-state index < -0.39 is 11.7 Å². The first-order valence-corrected chi connectivity index (χ1v) is 7.88. The maximum absolute atomic E-state index is 13.2. The fourth-order valence-corrected chi connectivity index (χ4v) is 2.59. The minimum absolute atomic E-state index is 0.0179. The SMILES string of the molecule is O=C(CNc1ccc(OCCO)cc1C(F)(F)F)N1CCCCC1. The standard InChI is InChI=1S/C16H21F3N2O3/c17-16(18,19)13-10-12(24-9-8-22)4-5-14(13)20-11-15(23)21-6-2-1-3-7-21/h4-5,10,20,22H,1-3,6-9,11H2. The molecule has 2 rings (SSSR count). The molecule has 5 nitrogen and oxygen atoms in total. The number of likely N-dealkylation sites (tertiary alicyclic amines) is 1. The summed E-state index contributed by atoms with van der Waals surface area (Å²) in [4.78, 5) is 13.7. The molecule has 1 fully saturated rings. The average Bonchev–Trinajstić information content (AvgIpc) is 2.58. The highest BCUT2D eigenvalue weighted by atomic mass is 19.4. The number of hydrogen-bond acceptors (Lipinski definition) is 4. The second-order valence-corrected chi connectivity index (χ2v) is 5.57. The van der Waals surface area contributed by atoms with Crippen LogP contribution in [-0.2, 0) is 11.0 Å². The maximum Gasteiger partial charge on any atom is 0.418 e. The second kappa shape index (κ2) is 8.23. The third kappa shape index (κ3) is 5.02. The van der Waals surface area contributed by atoms with E-state index in [2.05, 4.69) is 5.32 Å². The van der Waals surface area contributed by atoms with Crippen LogP contribution < -0.4 is 10.1 Å². The monoisotopic (exact) mass is 346 g/mol. The summed E-state index contributed by atoms with van der Waals surface area (Å²) < 4.78 is 44.6. The Morgan fingerprint density at radius 3 is 2.58 bits per heavy atom. The van der Waals surface area contributed by atoms with E-state index in [0.717, 1.165) is 25.3 Å². The van der Waals surface area contributed by atoms with Crippen LogP contribution in [0.5, 0.6) is 5.75 Å². The normalized spacial score (nSPS) is 15.2. The molecule has 0 atom stereocenters. The van der Waals surface area contributed by atoms with Gasteiger partial charge in [0.1, 0.15) is 12.4 Å². The minimum atomic E-state index is -4.57. The smallest absolute Gasteiger partial charge is 0.418 e. The molecule has 0 aromatic heterocycles. The van der Waals surface area contributed by atoms with Crippen molar-refractivity contribution in [1.29, 1.82) is 0 Å². The molecule has 1 heterocycles. The molecule has 1 aliphatic heterocycles. The molecule has 0 aliphatic carbocycles. The first-order chi connectivity index (χ1) is 11.4. The van der Waals surface area contributed by atoms with Crippen molar-refractivity contribution in [2.75, 3.05) is 38.2 Å². The van der Waals surface area contributed by atoms with Crippen molar-refractivity contribution < 1.29 is 27.8 Å². The molecule has 0 bridgehead atoms. The topological polar surface area (TPSA) is 61.8 Å². The lowest BCUT2D eigenvalue weighted by molar-refractivity contribution is -0.137. The van der Waals surface area contributed by atoms with Crippen LogP contribution in [0.2, 0.25) is 0 Å². The van der Waals surface area contributed by atoms with E-state index in [9.17, 15) is 18.0 Å². The highest BCUT2D eigenvalue weighted by Crippen LogP contribution is 2.37. The quantitative estimate of drug-likeness (QED) is 0.831. The summed E-state index contributed by atoms with van der Waals surface area (Å²) in [5.74, 6) is -0.187. The summed E-state index contributed by atoms with van der Waals surface area (Å²) in [6.45, 7) is 0.754. The molecule has 1 aliphatic rings. The first-order valence-electron chi connectivity index (χ1n) is 7.88. The van der Waals surface area contributed by atoms with Gasteiger partial charge in [0.15, 0.2) is 0 Å². The Balaban J connectivity index is 2.06. The molecule has 24 heavy (non-hydrogen) atoms. The van der Waals surface area contributed by atoms with Crippen molar-refractivity contribution in [1.82, 2.24) is 4.90 Å². The van der Waals surface area contributed by atoms with Gasteiger partial charge in [-0.3, -0.25) is 4.79 Å². The number of hydrogen-bond donors (Lipinski definition) is 2. The average molecular weight is 346 g/mol. The number of nitrogens with one attached hydrogen (secondary N) is 1. The summed E-state index contributed by atoms with van der Waals surface area (Å²) in [6.07, 6.45) is -1.65. The van der Waals surface area contributed by atoms with Gasteiger partial charge >= 0.3 is 6.18 Å². The number of rotatable bonds is 6. The predicted molar refractivity (Wildman–Crippen MR) is 82.9 cm³/mol. The number of aliphatic hydroxyl groups excluding tert-OH is 1. The Morgan fingerprint density at radius 1 is 1.25 bits per heavy atom. The molecular formula is C16H21F3N2O3. The molecule has 0 saturated carbocycles. The summed E-state index contributed by atoms with van der Waals surface area (Å²) in [6, 6.07) is 3.47. The fraction of sp³-hybridized carbons (Fsp3) is 0.562. The number of carbonyl (C=O) groups excluding carboxylic acids is 1. The predicted octanol–water partition coefficient (Wildman–Crippen LogP) is 2.50. The molecule has 1 aromatic carbocycles. The van der Waals surface area contributed by atoms with E-state index >= 15 is 0 Å². The number of alkyl halides is 3. The fourth-order valence-electron chi connectivity index (χ4n) is 2.59. The number of nitrogens with zero attached hydrogens (tertiary/aromatic N) is 1. The van der Waals surface area contributed by atoms with Crippen LogP contribution in [0.25, 0.3) is 0 Å². The molecule has 2 N–H and O–H groups in total. The first kappa shape index (κ1) is 18.4. The zero-order valence-electron chi connectivity index (χ0n) is 13.2. The summed E-state index contributed by atoms with van der Waals surface area (Å²) in [5.41, 5.74) is -1.06. The summed E-state index contributed by atoms with van der Waals surface area (Å²) in [7, 11) is 0. The molecule has 0 radical (unpaired) electrons. The Kier molecular flexibility index (Phi) is 6.30. The highest BCUT2D eigenvalue weighted by Gasteiger charge is 2.34. The second-order valence-electron chi connectivity index (χ2n) is 5.57. The van der Waals surface area contributed by atoms with Crippen molar-refractivity contribution in [2.45, 2.75) is 25.4 Å². The van der Waals surface area contributed by atoms with Gasteiger partial charge in [-0.1, -0.05) is 0 Å². The van der Waals surface area contributed by atoms with E-state index in [-0.39, 0.29) is 37.1 Å². The van der Waals surface area contributed by atoms with Crippen LogP contribution in [-0.4, -0.2) is 48.8 Å². The lowest BCUT2D eigenvalue weighted by atomic mass is 10.1. The van der Waals surface area contributed by atoms with E-state index in [4.69, 9.17) is 9.84 Å². The molecule has 8 heteroatoms.